The first-order chi connectivity index (χ1) is 13.4. The van der Waals surface area contributed by atoms with Crippen molar-refractivity contribution in [1.29, 1.82) is 0 Å². The predicted molar refractivity (Wildman–Crippen MR) is 111 cm³/mol. The van der Waals surface area contributed by atoms with E-state index in [1.54, 1.807) is 31.2 Å². The van der Waals surface area contributed by atoms with Gasteiger partial charge in [0.15, 0.2) is 6.61 Å². The molecule has 0 radical (unpaired) electrons. The maximum Gasteiger partial charge on any atom is 0.261 e. The van der Waals surface area contributed by atoms with Crippen molar-refractivity contribution in [2.75, 3.05) is 13.2 Å². The van der Waals surface area contributed by atoms with Gasteiger partial charge in [-0.15, -0.1) is 0 Å². The van der Waals surface area contributed by atoms with E-state index in [4.69, 9.17) is 16.3 Å². The SMILES string of the molecule is CC(C)CNC(=O)[C@@H](C)N(Cc1ccccc1)C(=O)COc1cccc(Cl)c1. The summed E-state index contributed by atoms with van der Waals surface area (Å²) < 4.78 is 5.59. The monoisotopic (exact) mass is 402 g/mol. The number of nitrogens with one attached hydrogen (secondary N) is 1. The molecule has 0 bridgehead atoms. The largest absolute Gasteiger partial charge is 0.484 e. The Bertz CT molecular complexity index is 780. The van der Waals surface area contributed by atoms with Crippen molar-refractivity contribution in [3.63, 3.8) is 0 Å². The number of amides is 2. The van der Waals surface area contributed by atoms with E-state index in [9.17, 15) is 9.59 Å². The minimum Gasteiger partial charge on any atom is -0.484 e. The van der Waals surface area contributed by atoms with Crippen LogP contribution in [0.1, 0.15) is 26.3 Å². The molecule has 0 spiro atoms. The van der Waals surface area contributed by atoms with E-state index in [0.717, 1.165) is 5.56 Å². The molecule has 0 aliphatic heterocycles. The van der Waals surface area contributed by atoms with Crippen molar-refractivity contribution in [3.8, 4) is 5.75 Å². The standard InChI is InChI=1S/C22H27ClN2O3/c1-16(2)13-24-22(27)17(3)25(14-18-8-5-4-6-9-18)21(26)15-28-20-11-7-10-19(23)12-20/h4-12,16-17H,13-15H2,1-3H3,(H,24,27)/t17-/m1/s1. The Morgan fingerprint density at radius 1 is 1.07 bits per heavy atom. The van der Waals surface area contributed by atoms with Crippen LogP contribution in [0.5, 0.6) is 5.75 Å². The highest BCUT2D eigenvalue weighted by molar-refractivity contribution is 6.30. The highest BCUT2D eigenvalue weighted by atomic mass is 35.5. The lowest BCUT2D eigenvalue weighted by atomic mass is 10.1. The van der Waals surface area contributed by atoms with Gasteiger partial charge in [0.2, 0.25) is 5.91 Å². The van der Waals surface area contributed by atoms with E-state index in [-0.39, 0.29) is 18.4 Å². The lowest BCUT2D eigenvalue weighted by Crippen LogP contribution is -2.49. The first-order valence-corrected chi connectivity index (χ1v) is 9.74. The van der Waals surface area contributed by atoms with Crippen molar-refractivity contribution < 1.29 is 14.3 Å². The third-order valence-electron chi connectivity index (χ3n) is 4.21. The van der Waals surface area contributed by atoms with Crippen LogP contribution in [0.15, 0.2) is 54.6 Å². The Balaban J connectivity index is 2.09. The van der Waals surface area contributed by atoms with Crippen LogP contribution in [0, 0.1) is 5.92 Å². The van der Waals surface area contributed by atoms with Gasteiger partial charge in [0.25, 0.3) is 5.91 Å². The Morgan fingerprint density at radius 3 is 2.43 bits per heavy atom. The predicted octanol–water partition coefficient (Wildman–Crippen LogP) is 3.91. The van der Waals surface area contributed by atoms with Crippen LogP contribution in [0.25, 0.3) is 0 Å². The molecule has 150 valence electrons. The molecule has 2 aromatic carbocycles. The molecule has 2 rings (SSSR count). The molecule has 2 amide bonds. The highest BCUT2D eigenvalue weighted by Gasteiger charge is 2.26. The Morgan fingerprint density at radius 2 is 1.79 bits per heavy atom. The van der Waals surface area contributed by atoms with Gasteiger partial charge in [-0.05, 0) is 36.6 Å². The van der Waals surface area contributed by atoms with Crippen LogP contribution < -0.4 is 10.1 Å². The summed E-state index contributed by atoms with van der Waals surface area (Å²) >= 11 is 5.95. The minimum absolute atomic E-state index is 0.172. The zero-order chi connectivity index (χ0) is 20.5. The molecule has 0 aliphatic carbocycles. The molecule has 1 atom stereocenters. The van der Waals surface area contributed by atoms with Crippen molar-refractivity contribution in [2.45, 2.75) is 33.4 Å². The summed E-state index contributed by atoms with van der Waals surface area (Å²) in [5.41, 5.74) is 0.946. The van der Waals surface area contributed by atoms with E-state index in [1.807, 2.05) is 44.2 Å². The molecule has 28 heavy (non-hydrogen) atoms. The topological polar surface area (TPSA) is 58.6 Å². The van der Waals surface area contributed by atoms with Crippen molar-refractivity contribution in [3.05, 3.63) is 65.2 Å². The van der Waals surface area contributed by atoms with Gasteiger partial charge in [-0.1, -0.05) is 61.8 Å². The molecule has 0 aliphatic rings. The molecule has 0 saturated carbocycles. The molecule has 5 nitrogen and oxygen atoms in total. The average Bonchev–Trinajstić information content (AvgIpc) is 2.68. The van der Waals surface area contributed by atoms with E-state index < -0.39 is 6.04 Å². The molecule has 2 aromatic rings. The molecule has 0 aromatic heterocycles. The number of nitrogens with zero attached hydrogens (tertiary/aromatic N) is 1. The maximum absolute atomic E-state index is 12.9. The second kappa shape index (κ2) is 10.7. The lowest BCUT2D eigenvalue weighted by molar-refractivity contribution is -0.142. The van der Waals surface area contributed by atoms with Crippen molar-refractivity contribution in [1.82, 2.24) is 10.2 Å². The Hall–Kier alpha value is -2.53. The van der Waals surface area contributed by atoms with Crippen molar-refractivity contribution in [2.24, 2.45) is 5.92 Å². The van der Waals surface area contributed by atoms with E-state index >= 15 is 0 Å². The third kappa shape index (κ3) is 6.89. The Kier molecular flexibility index (Phi) is 8.33. The van der Waals surface area contributed by atoms with Crippen LogP contribution in [0.4, 0.5) is 0 Å². The van der Waals surface area contributed by atoms with E-state index in [0.29, 0.717) is 29.8 Å². The Labute approximate surface area is 171 Å². The van der Waals surface area contributed by atoms with Gasteiger partial charge in [-0.3, -0.25) is 9.59 Å². The van der Waals surface area contributed by atoms with Crippen molar-refractivity contribution >= 4 is 23.4 Å². The molecule has 0 saturated heterocycles. The zero-order valence-electron chi connectivity index (χ0n) is 16.5. The number of halogens is 1. The van der Waals surface area contributed by atoms with Gasteiger partial charge < -0.3 is 15.0 Å². The van der Waals surface area contributed by atoms with E-state index in [2.05, 4.69) is 5.32 Å². The lowest BCUT2D eigenvalue weighted by Gasteiger charge is -2.29. The van der Waals surface area contributed by atoms with Gasteiger partial charge >= 0.3 is 0 Å². The maximum atomic E-state index is 12.9. The summed E-state index contributed by atoms with van der Waals surface area (Å²) in [6.07, 6.45) is 0. The third-order valence-corrected chi connectivity index (χ3v) is 4.44. The summed E-state index contributed by atoms with van der Waals surface area (Å²) in [6.45, 7) is 6.50. The smallest absolute Gasteiger partial charge is 0.261 e. The number of hydrogen-bond donors (Lipinski definition) is 1. The number of benzene rings is 2. The van der Waals surface area contributed by atoms with Crippen LogP contribution in [-0.4, -0.2) is 35.9 Å². The molecule has 0 unspecified atom stereocenters. The van der Waals surface area contributed by atoms with Crippen LogP contribution in [0.2, 0.25) is 5.02 Å². The second-order valence-corrected chi connectivity index (χ2v) is 7.50. The van der Waals surface area contributed by atoms with Gasteiger partial charge in [0.1, 0.15) is 11.8 Å². The molecular weight excluding hydrogens is 376 g/mol. The van der Waals surface area contributed by atoms with Crippen LogP contribution >= 0.6 is 11.6 Å². The summed E-state index contributed by atoms with van der Waals surface area (Å²) in [5.74, 6) is 0.398. The van der Waals surface area contributed by atoms with Crippen LogP contribution in [0.3, 0.4) is 0 Å². The summed E-state index contributed by atoms with van der Waals surface area (Å²) in [6, 6.07) is 15.8. The van der Waals surface area contributed by atoms with Gasteiger partial charge in [-0.25, -0.2) is 0 Å². The van der Waals surface area contributed by atoms with Gasteiger partial charge in [-0.2, -0.15) is 0 Å². The number of carbonyl (C=O) groups excluding carboxylic acids is 2. The second-order valence-electron chi connectivity index (χ2n) is 7.07. The summed E-state index contributed by atoms with van der Waals surface area (Å²) in [5, 5.41) is 3.43. The quantitative estimate of drug-likeness (QED) is 0.691. The average molecular weight is 403 g/mol. The summed E-state index contributed by atoms with van der Waals surface area (Å²) in [7, 11) is 0. The molecule has 0 heterocycles. The zero-order valence-corrected chi connectivity index (χ0v) is 17.3. The highest BCUT2D eigenvalue weighted by Crippen LogP contribution is 2.17. The van der Waals surface area contributed by atoms with Gasteiger partial charge in [0.05, 0.1) is 0 Å². The minimum atomic E-state index is -0.616. The number of ether oxygens (including phenoxy) is 1. The molecule has 1 N–H and O–H groups in total. The van der Waals surface area contributed by atoms with Gasteiger partial charge in [0, 0.05) is 18.1 Å². The van der Waals surface area contributed by atoms with Crippen LogP contribution in [-0.2, 0) is 16.1 Å². The normalized spacial score (nSPS) is 11.8. The fraction of sp³-hybridized carbons (Fsp3) is 0.364. The first-order valence-electron chi connectivity index (χ1n) is 9.36. The molecular formula is C22H27ClN2O3. The number of hydrogen-bond acceptors (Lipinski definition) is 3. The molecule has 6 heteroatoms. The summed E-state index contributed by atoms with van der Waals surface area (Å²) in [4.78, 5) is 27.0. The number of carbonyl (C=O) groups is 2. The number of rotatable bonds is 9. The fourth-order valence-electron chi connectivity index (χ4n) is 2.60. The van der Waals surface area contributed by atoms with E-state index in [1.165, 1.54) is 4.90 Å². The molecule has 0 fully saturated rings. The first kappa shape index (κ1) is 21.8. The fourth-order valence-corrected chi connectivity index (χ4v) is 2.78.